The van der Waals surface area contributed by atoms with Gasteiger partial charge in [-0.15, -0.1) is 0 Å². The Morgan fingerprint density at radius 2 is 1.90 bits per heavy atom. The van der Waals surface area contributed by atoms with Crippen molar-refractivity contribution in [1.29, 1.82) is 0 Å². The summed E-state index contributed by atoms with van der Waals surface area (Å²) >= 11 is 0. The number of fused-ring (bicyclic) bond motifs is 1. The van der Waals surface area contributed by atoms with E-state index in [9.17, 15) is 5.11 Å². The molecule has 1 saturated carbocycles. The fourth-order valence-corrected chi connectivity index (χ4v) is 3.98. The molecule has 2 aliphatic rings. The van der Waals surface area contributed by atoms with Crippen LogP contribution < -0.4 is 0 Å². The van der Waals surface area contributed by atoms with Crippen LogP contribution in [0.2, 0.25) is 0 Å². The molecule has 0 aromatic carbocycles. The highest BCUT2D eigenvalue weighted by atomic mass is 16.3. The molecule has 2 fully saturated rings. The van der Waals surface area contributed by atoms with Crippen molar-refractivity contribution in [3.63, 3.8) is 0 Å². The van der Waals surface area contributed by atoms with E-state index in [2.05, 4.69) is 42.5 Å². The van der Waals surface area contributed by atoms with E-state index in [1.807, 2.05) is 14.1 Å². The van der Waals surface area contributed by atoms with E-state index in [1.54, 1.807) is 0 Å². The van der Waals surface area contributed by atoms with Crippen LogP contribution in [0.5, 0.6) is 0 Å². The zero-order chi connectivity index (χ0) is 15.0. The van der Waals surface area contributed by atoms with Gasteiger partial charge >= 0.3 is 0 Å². The second-order valence-electron chi connectivity index (χ2n) is 7.52. The highest BCUT2D eigenvalue weighted by Gasteiger charge is 2.52. The molecule has 1 aliphatic carbocycles. The zero-order valence-corrected chi connectivity index (χ0v) is 13.7. The molecule has 3 nitrogen and oxygen atoms in total. The third-order valence-corrected chi connectivity index (χ3v) is 5.20. The number of likely N-dealkylation sites (tertiary alicyclic amines) is 1. The van der Waals surface area contributed by atoms with Crippen LogP contribution in [0.1, 0.15) is 46.0 Å². The second kappa shape index (κ2) is 5.67. The highest BCUT2D eigenvalue weighted by Crippen LogP contribution is 2.46. The molecule has 0 unspecified atom stereocenters. The lowest BCUT2D eigenvalue weighted by Crippen LogP contribution is -2.65. The Morgan fingerprint density at radius 1 is 1.25 bits per heavy atom. The van der Waals surface area contributed by atoms with Gasteiger partial charge in [0, 0.05) is 23.9 Å². The summed E-state index contributed by atoms with van der Waals surface area (Å²) < 4.78 is 0. The lowest BCUT2D eigenvalue weighted by molar-refractivity contribution is -0.122. The number of piperidine rings is 1. The molecular formula is C17H30N2O. The zero-order valence-electron chi connectivity index (χ0n) is 13.7. The minimum Gasteiger partial charge on any atom is -0.377 e. The van der Waals surface area contributed by atoms with Gasteiger partial charge in [-0.2, -0.15) is 0 Å². The Morgan fingerprint density at radius 3 is 2.55 bits per heavy atom. The molecule has 1 heterocycles. The molecule has 1 aliphatic heterocycles. The van der Waals surface area contributed by atoms with Gasteiger partial charge in [-0.25, -0.2) is 0 Å². The number of hydrogen-bond acceptors (Lipinski definition) is 3. The normalized spacial score (nSPS) is 37.1. The molecule has 0 aromatic rings. The van der Waals surface area contributed by atoms with Gasteiger partial charge in [-0.3, -0.25) is 9.80 Å². The monoisotopic (exact) mass is 278 g/mol. The average molecular weight is 278 g/mol. The summed E-state index contributed by atoms with van der Waals surface area (Å²) in [5, 5.41) is 11.2. The lowest BCUT2D eigenvalue weighted by atomic mass is 9.64. The molecule has 0 amide bonds. The lowest BCUT2D eigenvalue weighted by Gasteiger charge is -2.56. The smallest absolute Gasteiger partial charge is 0.131 e. The van der Waals surface area contributed by atoms with Crippen molar-refractivity contribution >= 4 is 0 Å². The second-order valence-corrected chi connectivity index (χ2v) is 7.52. The average Bonchev–Trinajstić information content (AvgIpc) is 2.35. The van der Waals surface area contributed by atoms with Gasteiger partial charge in [0.1, 0.15) is 5.60 Å². The van der Waals surface area contributed by atoms with Crippen LogP contribution in [0.25, 0.3) is 0 Å². The molecule has 2 rings (SSSR count). The van der Waals surface area contributed by atoms with Crippen LogP contribution in [0.15, 0.2) is 0 Å². The largest absolute Gasteiger partial charge is 0.377 e. The van der Waals surface area contributed by atoms with E-state index < -0.39 is 5.60 Å². The van der Waals surface area contributed by atoms with Crippen LogP contribution in [0.3, 0.4) is 0 Å². The quantitative estimate of drug-likeness (QED) is 0.743. The molecule has 114 valence electrons. The minimum absolute atomic E-state index is 0.0139. The first-order valence-corrected chi connectivity index (χ1v) is 7.86. The van der Waals surface area contributed by atoms with Gasteiger partial charge in [0.05, 0.1) is 6.54 Å². The van der Waals surface area contributed by atoms with Crippen molar-refractivity contribution in [2.45, 2.75) is 63.1 Å². The van der Waals surface area contributed by atoms with Gasteiger partial charge in [0.25, 0.3) is 0 Å². The van der Waals surface area contributed by atoms with E-state index in [4.69, 9.17) is 0 Å². The van der Waals surface area contributed by atoms with E-state index >= 15 is 0 Å². The summed E-state index contributed by atoms with van der Waals surface area (Å²) in [5.41, 5.74) is -0.794. The Bertz CT molecular complexity index is 407. The van der Waals surface area contributed by atoms with Gasteiger partial charge < -0.3 is 5.11 Å². The van der Waals surface area contributed by atoms with Crippen molar-refractivity contribution in [1.82, 2.24) is 9.80 Å². The Labute approximate surface area is 124 Å². The molecule has 0 spiro atoms. The van der Waals surface area contributed by atoms with E-state index in [-0.39, 0.29) is 5.54 Å². The predicted molar refractivity (Wildman–Crippen MR) is 83.5 cm³/mol. The first-order valence-electron chi connectivity index (χ1n) is 7.86. The Kier molecular flexibility index (Phi) is 4.49. The minimum atomic E-state index is -0.808. The van der Waals surface area contributed by atoms with E-state index in [0.717, 1.165) is 19.4 Å². The fraction of sp³-hybridized carbons (Fsp3) is 0.882. The molecule has 3 atom stereocenters. The third kappa shape index (κ3) is 3.03. The van der Waals surface area contributed by atoms with Crippen LogP contribution in [-0.4, -0.2) is 59.8 Å². The van der Waals surface area contributed by atoms with E-state index in [1.165, 1.54) is 19.3 Å². The predicted octanol–water partition coefficient (Wildman–Crippen LogP) is 1.96. The SMILES string of the molecule is CN(C)CC#C[C@@]1(O)CC(C)(C)N(C)[C@H]2CCCC[C@@H]21. The number of nitrogens with zero attached hydrogens (tertiary/aromatic N) is 2. The van der Waals surface area contributed by atoms with Crippen molar-refractivity contribution in [3.05, 3.63) is 0 Å². The molecular weight excluding hydrogens is 248 g/mol. The molecule has 0 radical (unpaired) electrons. The standard InChI is InChI=1S/C17H30N2O/c1-16(2)13-17(20,11-8-12-18(3)4)14-9-6-7-10-15(14)19(16)5/h14-15,20H,6-7,9-10,12-13H2,1-5H3/t14-,15-,17+/m0/s1. The van der Waals surface area contributed by atoms with Crippen molar-refractivity contribution < 1.29 is 5.11 Å². The van der Waals surface area contributed by atoms with Crippen molar-refractivity contribution in [3.8, 4) is 11.8 Å². The topological polar surface area (TPSA) is 26.7 Å². The maximum Gasteiger partial charge on any atom is 0.131 e. The van der Waals surface area contributed by atoms with Gasteiger partial charge in [0.2, 0.25) is 0 Å². The fourth-order valence-electron chi connectivity index (χ4n) is 3.98. The summed E-state index contributed by atoms with van der Waals surface area (Å²) in [4.78, 5) is 4.54. The molecule has 1 N–H and O–H groups in total. The summed E-state index contributed by atoms with van der Waals surface area (Å²) in [6.45, 7) is 5.18. The molecule has 3 heteroatoms. The summed E-state index contributed by atoms with van der Waals surface area (Å²) in [7, 11) is 6.25. The van der Waals surface area contributed by atoms with Gasteiger partial charge in [-0.1, -0.05) is 24.7 Å². The highest BCUT2D eigenvalue weighted by molar-refractivity contribution is 5.23. The van der Waals surface area contributed by atoms with Crippen LogP contribution in [0.4, 0.5) is 0 Å². The molecule has 0 aromatic heterocycles. The summed E-state index contributed by atoms with van der Waals surface area (Å²) in [5.74, 6) is 6.74. The summed E-state index contributed by atoms with van der Waals surface area (Å²) in [6, 6.07) is 0.478. The third-order valence-electron chi connectivity index (χ3n) is 5.20. The molecule has 1 saturated heterocycles. The first-order chi connectivity index (χ1) is 9.26. The number of rotatable bonds is 1. The molecule has 0 bridgehead atoms. The maximum absolute atomic E-state index is 11.2. The Hall–Kier alpha value is -0.560. The number of hydrogen-bond donors (Lipinski definition) is 1. The molecule has 20 heavy (non-hydrogen) atoms. The van der Waals surface area contributed by atoms with Crippen LogP contribution >= 0.6 is 0 Å². The van der Waals surface area contributed by atoms with Crippen molar-refractivity contribution in [2.24, 2.45) is 5.92 Å². The van der Waals surface area contributed by atoms with Crippen LogP contribution in [-0.2, 0) is 0 Å². The Balaban J connectivity index is 2.26. The van der Waals surface area contributed by atoms with Gasteiger partial charge in [0.15, 0.2) is 0 Å². The van der Waals surface area contributed by atoms with Crippen molar-refractivity contribution in [2.75, 3.05) is 27.7 Å². The van der Waals surface area contributed by atoms with Gasteiger partial charge in [-0.05, 0) is 47.8 Å². The summed E-state index contributed by atoms with van der Waals surface area (Å²) in [6.07, 6.45) is 5.56. The van der Waals surface area contributed by atoms with Crippen LogP contribution in [0, 0.1) is 17.8 Å². The van der Waals surface area contributed by atoms with E-state index in [0.29, 0.717) is 12.0 Å². The maximum atomic E-state index is 11.2. The first kappa shape index (κ1) is 15.8. The number of aliphatic hydroxyl groups is 1.